The summed E-state index contributed by atoms with van der Waals surface area (Å²) in [7, 11) is -1.10. The number of nitrogens with zero attached hydrogens (tertiary/aromatic N) is 2. The third-order valence-corrected chi connectivity index (χ3v) is 3.57. The van der Waals surface area contributed by atoms with Crippen LogP contribution in [0.25, 0.3) is 0 Å². The molecular formula is C9H16N2O3Si. The zero-order chi connectivity index (χ0) is 11.5. The molecule has 0 aliphatic rings. The number of hydrogen-bond acceptors (Lipinski definition) is 3. The molecule has 0 saturated carbocycles. The monoisotopic (exact) mass is 228 g/mol. The highest BCUT2D eigenvalue weighted by Crippen LogP contribution is 2.11. The van der Waals surface area contributed by atoms with Crippen LogP contribution in [0.3, 0.4) is 0 Å². The number of carboxylic acid groups (broad SMARTS) is 1. The van der Waals surface area contributed by atoms with Crippen LogP contribution < -0.4 is 4.74 Å². The molecule has 15 heavy (non-hydrogen) atoms. The first-order valence-corrected chi connectivity index (χ1v) is 8.51. The van der Waals surface area contributed by atoms with Gasteiger partial charge >= 0.3 is 6.09 Å². The summed E-state index contributed by atoms with van der Waals surface area (Å²) in [5.41, 5.74) is 0. The van der Waals surface area contributed by atoms with Crippen LogP contribution in [0, 0.1) is 0 Å². The molecule has 0 aliphatic heterocycles. The summed E-state index contributed by atoms with van der Waals surface area (Å²) in [6.07, 6.45) is 0.265. The summed E-state index contributed by atoms with van der Waals surface area (Å²) in [5, 5.41) is 12.3. The van der Waals surface area contributed by atoms with Gasteiger partial charge in [-0.1, -0.05) is 19.6 Å². The molecule has 0 atom stereocenters. The van der Waals surface area contributed by atoms with Gasteiger partial charge in [0, 0.05) is 20.3 Å². The molecule has 0 saturated heterocycles. The van der Waals surface area contributed by atoms with E-state index in [0.29, 0.717) is 12.5 Å². The maximum Gasteiger partial charge on any atom is 0.432 e. The fraction of sp³-hybridized carbons (Fsp3) is 0.556. The molecule has 0 fully saturated rings. The standard InChI is InChI=1S/C9H16N2O3Si/c1-15(2,3)7-6-14-8-4-5-11(10-8)9(12)13/h4-5H,6-7H2,1-3H3,(H,12,13). The third-order valence-electron chi connectivity index (χ3n) is 1.86. The lowest BCUT2D eigenvalue weighted by Gasteiger charge is -2.14. The van der Waals surface area contributed by atoms with Crippen LogP contribution in [0.2, 0.25) is 25.7 Å². The van der Waals surface area contributed by atoms with Crippen LogP contribution in [-0.2, 0) is 0 Å². The summed E-state index contributed by atoms with van der Waals surface area (Å²) in [5.74, 6) is 0.371. The maximum absolute atomic E-state index is 10.5. The SMILES string of the molecule is C[Si](C)(C)CCOc1ccn(C(=O)O)n1. The molecule has 84 valence electrons. The van der Waals surface area contributed by atoms with Gasteiger partial charge in [-0.15, -0.1) is 5.10 Å². The molecular weight excluding hydrogens is 212 g/mol. The first-order chi connectivity index (χ1) is 6.88. The van der Waals surface area contributed by atoms with Crippen molar-refractivity contribution in [1.29, 1.82) is 0 Å². The minimum Gasteiger partial charge on any atom is -0.477 e. The summed E-state index contributed by atoms with van der Waals surface area (Å²) < 4.78 is 6.19. The number of aromatic nitrogens is 2. The van der Waals surface area contributed by atoms with E-state index < -0.39 is 14.2 Å². The van der Waals surface area contributed by atoms with Crippen molar-refractivity contribution >= 4 is 14.2 Å². The fourth-order valence-electron chi connectivity index (χ4n) is 0.953. The van der Waals surface area contributed by atoms with Gasteiger partial charge in [-0.3, -0.25) is 0 Å². The molecule has 1 aromatic rings. The van der Waals surface area contributed by atoms with E-state index in [0.717, 1.165) is 10.7 Å². The van der Waals surface area contributed by atoms with Gasteiger partial charge in [0.25, 0.3) is 0 Å². The zero-order valence-electron chi connectivity index (χ0n) is 9.23. The quantitative estimate of drug-likeness (QED) is 0.802. The van der Waals surface area contributed by atoms with Gasteiger partial charge < -0.3 is 9.84 Å². The largest absolute Gasteiger partial charge is 0.477 e. The molecule has 0 unspecified atom stereocenters. The minimum atomic E-state index is -1.10. The predicted octanol–water partition coefficient (Wildman–Crippen LogP) is 2.13. The summed E-state index contributed by atoms with van der Waals surface area (Å²) >= 11 is 0. The summed E-state index contributed by atoms with van der Waals surface area (Å²) in [6.45, 7) is 7.37. The Bertz CT molecular complexity index is 343. The lowest BCUT2D eigenvalue weighted by atomic mass is 10.7. The van der Waals surface area contributed by atoms with E-state index >= 15 is 0 Å². The average molecular weight is 228 g/mol. The highest BCUT2D eigenvalue weighted by molar-refractivity contribution is 6.76. The molecule has 0 amide bonds. The summed E-state index contributed by atoms with van der Waals surface area (Å²) in [4.78, 5) is 10.5. The second-order valence-electron chi connectivity index (χ2n) is 4.54. The van der Waals surface area contributed by atoms with Crippen molar-refractivity contribution in [1.82, 2.24) is 9.78 Å². The molecule has 0 aliphatic carbocycles. The van der Waals surface area contributed by atoms with Crippen molar-refractivity contribution in [2.24, 2.45) is 0 Å². The van der Waals surface area contributed by atoms with E-state index in [1.165, 1.54) is 6.20 Å². The molecule has 5 nitrogen and oxygen atoms in total. The third kappa shape index (κ3) is 4.16. The topological polar surface area (TPSA) is 64.3 Å². The van der Waals surface area contributed by atoms with Crippen molar-refractivity contribution < 1.29 is 14.6 Å². The highest BCUT2D eigenvalue weighted by Gasteiger charge is 2.13. The van der Waals surface area contributed by atoms with Gasteiger partial charge in [0.2, 0.25) is 5.88 Å². The Morgan fingerprint density at radius 1 is 1.60 bits per heavy atom. The highest BCUT2D eigenvalue weighted by atomic mass is 28.3. The van der Waals surface area contributed by atoms with Crippen LogP contribution >= 0.6 is 0 Å². The normalized spacial score (nSPS) is 11.4. The lowest BCUT2D eigenvalue weighted by Crippen LogP contribution is -2.22. The van der Waals surface area contributed by atoms with E-state index in [1.54, 1.807) is 6.07 Å². The maximum atomic E-state index is 10.5. The summed E-state index contributed by atoms with van der Waals surface area (Å²) in [6, 6.07) is 2.59. The molecule has 1 aromatic heterocycles. The van der Waals surface area contributed by atoms with Gasteiger partial charge in [0.15, 0.2) is 0 Å². The molecule has 6 heteroatoms. The number of rotatable bonds is 4. The zero-order valence-corrected chi connectivity index (χ0v) is 10.2. The first kappa shape index (κ1) is 11.8. The van der Waals surface area contributed by atoms with Crippen LogP contribution in [-0.4, -0.2) is 35.7 Å². The number of ether oxygens (including phenoxy) is 1. The lowest BCUT2D eigenvalue weighted by molar-refractivity contribution is 0.191. The van der Waals surface area contributed by atoms with Crippen LogP contribution in [0.4, 0.5) is 4.79 Å². The van der Waals surface area contributed by atoms with Gasteiger partial charge in [0.05, 0.1) is 6.61 Å². The Labute approximate surface area is 89.7 Å². The molecule has 1 heterocycles. The smallest absolute Gasteiger partial charge is 0.432 e. The second-order valence-corrected chi connectivity index (χ2v) is 10.2. The Kier molecular flexibility index (Phi) is 3.51. The van der Waals surface area contributed by atoms with Crippen LogP contribution in [0.5, 0.6) is 5.88 Å². The Morgan fingerprint density at radius 2 is 2.27 bits per heavy atom. The molecule has 1 rings (SSSR count). The van der Waals surface area contributed by atoms with Crippen molar-refractivity contribution in [3.8, 4) is 5.88 Å². The van der Waals surface area contributed by atoms with Crippen LogP contribution in [0.15, 0.2) is 12.3 Å². The first-order valence-electron chi connectivity index (χ1n) is 4.80. The number of carbonyl (C=O) groups is 1. The molecule has 1 N–H and O–H groups in total. The average Bonchev–Trinajstić information content (AvgIpc) is 2.50. The van der Waals surface area contributed by atoms with Crippen molar-refractivity contribution in [3.05, 3.63) is 12.3 Å². The van der Waals surface area contributed by atoms with E-state index in [4.69, 9.17) is 9.84 Å². The van der Waals surface area contributed by atoms with Gasteiger partial charge in [-0.2, -0.15) is 4.68 Å². The van der Waals surface area contributed by atoms with Crippen molar-refractivity contribution in [2.75, 3.05) is 6.61 Å². The molecule has 0 aromatic carbocycles. The van der Waals surface area contributed by atoms with Gasteiger partial charge in [0.1, 0.15) is 0 Å². The Balaban J connectivity index is 2.41. The second kappa shape index (κ2) is 4.48. The van der Waals surface area contributed by atoms with E-state index in [9.17, 15) is 4.79 Å². The van der Waals surface area contributed by atoms with E-state index in [2.05, 4.69) is 24.7 Å². The molecule has 0 radical (unpaired) electrons. The van der Waals surface area contributed by atoms with Crippen LogP contribution in [0.1, 0.15) is 0 Å². The predicted molar refractivity (Wildman–Crippen MR) is 59.3 cm³/mol. The fourth-order valence-corrected chi connectivity index (χ4v) is 1.67. The molecule has 0 bridgehead atoms. The minimum absolute atomic E-state index is 0.371. The van der Waals surface area contributed by atoms with Gasteiger partial charge in [-0.05, 0) is 6.04 Å². The van der Waals surface area contributed by atoms with Crippen molar-refractivity contribution in [3.63, 3.8) is 0 Å². The molecule has 0 spiro atoms. The van der Waals surface area contributed by atoms with E-state index in [-0.39, 0.29) is 0 Å². The Morgan fingerprint density at radius 3 is 2.73 bits per heavy atom. The van der Waals surface area contributed by atoms with Crippen molar-refractivity contribution in [2.45, 2.75) is 25.7 Å². The number of hydrogen-bond donors (Lipinski definition) is 1. The van der Waals surface area contributed by atoms with Gasteiger partial charge in [-0.25, -0.2) is 4.79 Å². The van der Waals surface area contributed by atoms with E-state index in [1.807, 2.05) is 0 Å². The Hall–Kier alpha value is -1.30.